The number of aryl methyl sites for hydroxylation is 1. The van der Waals surface area contributed by atoms with E-state index in [0.717, 1.165) is 10.2 Å². The Kier molecular flexibility index (Phi) is 2.78. The Labute approximate surface area is 101 Å². The van der Waals surface area contributed by atoms with Crippen LogP contribution < -0.4 is 0 Å². The smallest absolute Gasteiger partial charge is 0.356 e. The van der Waals surface area contributed by atoms with Crippen LogP contribution in [0.5, 0.6) is 0 Å². The summed E-state index contributed by atoms with van der Waals surface area (Å²) in [5.41, 5.74) is 1.54. The first-order valence-electron chi connectivity index (χ1n) is 4.64. The summed E-state index contributed by atoms with van der Waals surface area (Å²) in [6.45, 7) is 1.73. The Morgan fingerprint density at radius 2 is 2.12 bits per heavy atom. The lowest BCUT2D eigenvalue weighted by atomic mass is 10.3. The molecule has 0 fully saturated rings. The first-order chi connectivity index (χ1) is 7.59. The van der Waals surface area contributed by atoms with E-state index >= 15 is 0 Å². The van der Waals surface area contributed by atoms with Crippen LogP contribution in [0.25, 0.3) is 5.69 Å². The van der Waals surface area contributed by atoms with Crippen molar-refractivity contribution in [3.63, 3.8) is 0 Å². The second-order valence-electron chi connectivity index (χ2n) is 3.36. The second-order valence-corrected chi connectivity index (χ2v) is 4.22. The Bertz CT molecular complexity index is 549. The Balaban J connectivity index is 2.54. The first kappa shape index (κ1) is 10.9. The van der Waals surface area contributed by atoms with Gasteiger partial charge in [0, 0.05) is 16.2 Å². The lowest BCUT2D eigenvalue weighted by molar-refractivity contribution is 0.0689. The minimum atomic E-state index is -1.01. The van der Waals surface area contributed by atoms with E-state index < -0.39 is 5.97 Å². The van der Waals surface area contributed by atoms with E-state index in [1.54, 1.807) is 17.8 Å². The average molecular weight is 281 g/mol. The zero-order chi connectivity index (χ0) is 11.7. The van der Waals surface area contributed by atoms with E-state index in [2.05, 4.69) is 21.0 Å². The van der Waals surface area contributed by atoms with Crippen molar-refractivity contribution >= 4 is 21.9 Å². The van der Waals surface area contributed by atoms with E-state index in [4.69, 9.17) is 5.11 Å². The zero-order valence-electron chi connectivity index (χ0n) is 8.51. The largest absolute Gasteiger partial charge is 0.476 e. The fraction of sp³-hybridized carbons (Fsp3) is 0.0909. The molecule has 2 rings (SSSR count). The molecule has 0 aliphatic rings. The Morgan fingerprint density at radius 1 is 1.44 bits per heavy atom. The average Bonchev–Trinajstić information content (AvgIpc) is 2.61. The van der Waals surface area contributed by atoms with Gasteiger partial charge < -0.3 is 5.11 Å². The van der Waals surface area contributed by atoms with Gasteiger partial charge in [-0.1, -0.05) is 12.1 Å². The summed E-state index contributed by atoms with van der Waals surface area (Å²) in [5, 5.41) is 12.9. The van der Waals surface area contributed by atoms with E-state index in [1.807, 2.05) is 24.3 Å². The standard InChI is InChI=1S/C11H9BrN2O2/c1-7-6-14(13-10(7)11(15)16)9-5-3-2-4-8(9)12/h2-6H,1H3,(H,15,16). The van der Waals surface area contributed by atoms with Gasteiger partial charge in [0.1, 0.15) is 0 Å². The number of carbonyl (C=O) groups is 1. The molecular weight excluding hydrogens is 272 g/mol. The number of hydrogen-bond acceptors (Lipinski definition) is 2. The predicted molar refractivity (Wildman–Crippen MR) is 63.0 cm³/mol. The molecule has 0 aliphatic heterocycles. The number of halogens is 1. The molecule has 16 heavy (non-hydrogen) atoms. The first-order valence-corrected chi connectivity index (χ1v) is 5.43. The molecule has 82 valence electrons. The summed E-state index contributed by atoms with van der Waals surface area (Å²) in [6.07, 6.45) is 1.70. The SMILES string of the molecule is Cc1cn(-c2ccccc2Br)nc1C(=O)O. The zero-order valence-corrected chi connectivity index (χ0v) is 10.1. The van der Waals surface area contributed by atoms with Crippen LogP contribution in [0.4, 0.5) is 0 Å². The summed E-state index contributed by atoms with van der Waals surface area (Å²) in [5.74, 6) is -1.01. The van der Waals surface area contributed by atoms with Gasteiger partial charge in [-0.25, -0.2) is 9.48 Å². The number of nitrogens with zero attached hydrogens (tertiary/aromatic N) is 2. The van der Waals surface area contributed by atoms with Gasteiger partial charge >= 0.3 is 5.97 Å². The third-order valence-corrected chi connectivity index (χ3v) is 2.87. The fourth-order valence-corrected chi connectivity index (χ4v) is 1.90. The molecule has 4 nitrogen and oxygen atoms in total. The molecule has 0 bridgehead atoms. The van der Waals surface area contributed by atoms with Crippen LogP contribution in [0, 0.1) is 6.92 Å². The number of rotatable bonds is 2. The molecule has 2 aromatic rings. The maximum Gasteiger partial charge on any atom is 0.356 e. The normalized spacial score (nSPS) is 10.4. The maximum atomic E-state index is 10.9. The van der Waals surface area contributed by atoms with Gasteiger partial charge in [-0.15, -0.1) is 0 Å². The number of para-hydroxylation sites is 1. The summed E-state index contributed by atoms with van der Waals surface area (Å²) in [4.78, 5) is 10.9. The highest BCUT2D eigenvalue weighted by atomic mass is 79.9. The van der Waals surface area contributed by atoms with Gasteiger partial charge in [-0.05, 0) is 35.0 Å². The van der Waals surface area contributed by atoms with Gasteiger partial charge in [0.2, 0.25) is 0 Å². The predicted octanol–water partition coefficient (Wildman–Crippen LogP) is 2.64. The lowest BCUT2D eigenvalue weighted by Crippen LogP contribution is -2.02. The van der Waals surface area contributed by atoms with E-state index in [0.29, 0.717) is 5.56 Å². The minimum Gasteiger partial charge on any atom is -0.476 e. The van der Waals surface area contributed by atoms with Crippen LogP contribution in [0.2, 0.25) is 0 Å². The van der Waals surface area contributed by atoms with E-state index in [-0.39, 0.29) is 5.69 Å². The van der Waals surface area contributed by atoms with Crippen LogP contribution >= 0.6 is 15.9 Å². The van der Waals surface area contributed by atoms with Gasteiger partial charge in [0.05, 0.1) is 5.69 Å². The lowest BCUT2D eigenvalue weighted by Gasteiger charge is -2.02. The number of aromatic nitrogens is 2. The molecule has 1 aromatic heterocycles. The van der Waals surface area contributed by atoms with Crippen molar-refractivity contribution in [3.8, 4) is 5.69 Å². The molecule has 0 aliphatic carbocycles. The van der Waals surface area contributed by atoms with E-state index in [9.17, 15) is 4.79 Å². The van der Waals surface area contributed by atoms with Crippen LogP contribution in [0.1, 0.15) is 16.1 Å². The highest BCUT2D eigenvalue weighted by Crippen LogP contribution is 2.20. The summed E-state index contributed by atoms with van der Waals surface area (Å²) < 4.78 is 2.43. The Hall–Kier alpha value is -1.62. The molecule has 5 heteroatoms. The molecule has 0 radical (unpaired) electrons. The topological polar surface area (TPSA) is 55.1 Å². The van der Waals surface area contributed by atoms with E-state index in [1.165, 1.54) is 0 Å². The van der Waals surface area contributed by atoms with Crippen molar-refractivity contribution in [2.75, 3.05) is 0 Å². The molecule has 0 saturated heterocycles. The third-order valence-electron chi connectivity index (χ3n) is 2.20. The quantitative estimate of drug-likeness (QED) is 0.920. The van der Waals surface area contributed by atoms with Crippen LogP contribution in [-0.4, -0.2) is 20.9 Å². The van der Waals surface area contributed by atoms with Gasteiger partial charge in [-0.3, -0.25) is 0 Å². The number of benzene rings is 1. The number of hydrogen-bond donors (Lipinski definition) is 1. The van der Waals surface area contributed by atoms with Crippen molar-refractivity contribution in [3.05, 3.63) is 46.2 Å². The summed E-state index contributed by atoms with van der Waals surface area (Å²) in [6, 6.07) is 7.51. The van der Waals surface area contributed by atoms with Crippen LogP contribution in [0.15, 0.2) is 34.9 Å². The minimum absolute atomic E-state index is 0.0794. The van der Waals surface area contributed by atoms with Gasteiger partial charge in [-0.2, -0.15) is 5.10 Å². The second kappa shape index (κ2) is 4.09. The Morgan fingerprint density at radius 3 is 2.69 bits per heavy atom. The number of carboxylic acid groups (broad SMARTS) is 1. The molecule has 0 amide bonds. The molecule has 0 unspecified atom stereocenters. The molecule has 1 aromatic carbocycles. The van der Waals surface area contributed by atoms with Gasteiger partial charge in [0.25, 0.3) is 0 Å². The van der Waals surface area contributed by atoms with Crippen molar-refractivity contribution in [1.29, 1.82) is 0 Å². The number of aromatic carboxylic acids is 1. The monoisotopic (exact) mass is 280 g/mol. The van der Waals surface area contributed by atoms with Gasteiger partial charge in [0.15, 0.2) is 5.69 Å². The summed E-state index contributed by atoms with van der Waals surface area (Å²) >= 11 is 3.40. The highest BCUT2D eigenvalue weighted by Gasteiger charge is 2.13. The fourth-order valence-electron chi connectivity index (χ4n) is 1.43. The van der Waals surface area contributed by atoms with Crippen LogP contribution in [-0.2, 0) is 0 Å². The molecule has 1 N–H and O–H groups in total. The molecule has 0 atom stereocenters. The molecule has 1 heterocycles. The maximum absolute atomic E-state index is 10.9. The molecular formula is C11H9BrN2O2. The van der Waals surface area contributed by atoms with Crippen molar-refractivity contribution in [2.45, 2.75) is 6.92 Å². The van der Waals surface area contributed by atoms with Crippen molar-refractivity contribution in [1.82, 2.24) is 9.78 Å². The number of carboxylic acids is 1. The third kappa shape index (κ3) is 1.86. The van der Waals surface area contributed by atoms with Crippen molar-refractivity contribution in [2.24, 2.45) is 0 Å². The van der Waals surface area contributed by atoms with Crippen LogP contribution in [0.3, 0.4) is 0 Å². The highest BCUT2D eigenvalue weighted by molar-refractivity contribution is 9.10. The summed E-state index contributed by atoms with van der Waals surface area (Å²) in [7, 11) is 0. The molecule has 0 spiro atoms. The van der Waals surface area contributed by atoms with Crippen molar-refractivity contribution < 1.29 is 9.90 Å². The molecule has 0 saturated carbocycles.